The lowest BCUT2D eigenvalue weighted by Crippen LogP contribution is -2.56. The van der Waals surface area contributed by atoms with Crippen LogP contribution in [0.3, 0.4) is 0 Å². The molecule has 0 aromatic rings. The van der Waals surface area contributed by atoms with Crippen LogP contribution in [-0.2, 0) is 28.6 Å². The highest BCUT2D eigenvalue weighted by molar-refractivity contribution is 5.87. The quantitative estimate of drug-likeness (QED) is 0.361. The number of rotatable bonds is 2. The zero-order valence-electron chi connectivity index (χ0n) is 18.8. The third-order valence-electron chi connectivity index (χ3n) is 6.90. The Bertz CT molecular complexity index is 777. The van der Waals surface area contributed by atoms with E-state index in [0.29, 0.717) is 19.5 Å². The SMILES string of the molecule is CC(C)[C@@]1(O)CC(=O)O[C@H](C)[C@@](O)(C(C)C)C(=O)OCC2=CCN3CC[C@@H](OC1=O)[C@H]23. The van der Waals surface area contributed by atoms with E-state index in [9.17, 15) is 24.6 Å². The molecule has 0 aromatic heterocycles. The second kappa shape index (κ2) is 8.52. The first-order chi connectivity index (χ1) is 14.4. The van der Waals surface area contributed by atoms with Gasteiger partial charge in [0.1, 0.15) is 18.8 Å². The summed E-state index contributed by atoms with van der Waals surface area (Å²) in [5.74, 6) is -3.92. The molecule has 5 atom stereocenters. The van der Waals surface area contributed by atoms with E-state index in [4.69, 9.17) is 14.2 Å². The number of hydrogen-bond acceptors (Lipinski definition) is 9. The molecule has 9 heteroatoms. The van der Waals surface area contributed by atoms with Gasteiger partial charge < -0.3 is 24.4 Å². The Labute approximate surface area is 182 Å². The van der Waals surface area contributed by atoms with Crippen molar-refractivity contribution < 1.29 is 38.8 Å². The summed E-state index contributed by atoms with van der Waals surface area (Å²) in [5, 5.41) is 22.2. The number of ether oxygens (including phenoxy) is 3. The Morgan fingerprint density at radius 3 is 2.35 bits per heavy atom. The van der Waals surface area contributed by atoms with Gasteiger partial charge in [-0.2, -0.15) is 0 Å². The van der Waals surface area contributed by atoms with Crippen molar-refractivity contribution >= 4 is 17.9 Å². The number of nitrogens with zero attached hydrogens (tertiary/aromatic N) is 1. The van der Waals surface area contributed by atoms with E-state index in [2.05, 4.69) is 4.90 Å². The topological polar surface area (TPSA) is 123 Å². The predicted octanol–water partition coefficient (Wildman–Crippen LogP) is 0.565. The van der Waals surface area contributed by atoms with Crippen molar-refractivity contribution in [1.82, 2.24) is 4.90 Å². The zero-order valence-corrected chi connectivity index (χ0v) is 18.8. The summed E-state index contributed by atoms with van der Waals surface area (Å²) < 4.78 is 16.4. The Balaban J connectivity index is 1.98. The summed E-state index contributed by atoms with van der Waals surface area (Å²) in [6.07, 6.45) is 0.0491. The highest BCUT2D eigenvalue weighted by Crippen LogP contribution is 2.35. The van der Waals surface area contributed by atoms with Crippen LogP contribution in [0, 0.1) is 11.8 Å². The van der Waals surface area contributed by atoms with Gasteiger partial charge in [-0.05, 0) is 30.8 Å². The van der Waals surface area contributed by atoms with Crippen molar-refractivity contribution in [3.63, 3.8) is 0 Å². The van der Waals surface area contributed by atoms with E-state index < -0.39 is 59.6 Å². The van der Waals surface area contributed by atoms with Gasteiger partial charge in [-0.3, -0.25) is 9.69 Å². The summed E-state index contributed by atoms with van der Waals surface area (Å²) in [7, 11) is 0. The van der Waals surface area contributed by atoms with Gasteiger partial charge in [-0.15, -0.1) is 0 Å². The molecule has 0 saturated carbocycles. The lowest BCUT2D eigenvalue weighted by atomic mass is 9.84. The second-order valence-electron chi connectivity index (χ2n) is 9.40. The van der Waals surface area contributed by atoms with Crippen molar-refractivity contribution in [1.29, 1.82) is 0 Å². The Hall–Kier alpha value is -1.97. The van der Waals surface area contributed by atoms with Gasteiger partial charge in [-0.25, -0.2) is 9.59 Å². The first-order valence-corrected chi connectivity index (χ1v) is 10.9. The van der Waals surface area contributed by atoms with Crippen molar-refractivity contribution in [3.8, 4) is 0 Å². The fourth-order valence-corrected chi connectivity index (χ4v) is 4.56. The number of esters is 3. The predicted molar refractivity (Wildman–Crippen MR) is 109 cm³/mol. The average Bonchev–Trinajstić information content (AvgIpc) is 3.27. The van der Waals surface area contributed by atoms with Crippen molar-refractivity contribution in [2.24, 2.45) is 11.8 Å². The zero-order chi connectivity index (χ0) is 23.1. The van der Waals surface area contributed by atoms with Gasteiger partial charge in [0.15, 0.2) is 5.60 Å². The first-order valence-electron chi connectivity index (χ1n) is 10.9. The van der Waals surface area contributed by atoms with Gasteiger partial charge in [0.25, 0.3) is 0 Å². The third kappa shape index (κ3) is 4.10. The van der Waals surface area contributed by atoms with Crippen LogP contribution >= 0.6 is 0 Å². The van der Waals surface area contributed by atoms with E-state index in [1.807, 2.05) is 6.08 Å². The van der Waals surface area contributed by atoms with E-state index in [-0.39, 0.29) is 12.6 Å². The minimum Gasteiger partial charge on any atom is -0.459 e. The van der Waals surface area contributed by atoms with Crippen molar-refractivity contribution in [3.05, 3.63) is 11.6 Å². The molecule has 3 heterocycles. The van der Waals surface area contributed by atoms with Gasteiger partial charge in [0.2, 0.25) is 5.60 Å². The van der Waals surface area contributed by atoms with Gasteiger partial charge in [0.05, 0.1) is 12.5 Å². The molecule has 0 unspecified atom stereocenters. The van der Waals surface area contributed by atoms with E-state index >= 15 is 0 Å². The molecule has 174 valence electrons. The average molecular weight is 440 g/mol. The fourth-order valence-electron chi connectivity index (χ4n) is 4.56. The number of aliphatic hydroxyl groups is 2. The van der Waals surface area contributed by atoms with Crippen molar-refractivity contribution in [2.75, 3.05) is 19.7 Å². The monoisotopic (exact) mass is 439 g/mol. The number of carbonyl (C=O) groups excluding carboxylic acids is 3. The van der Waals surface area contributed by atoms with Crippen LogP contribution < -0.4 is 0 Å². The third-order valence-corrected chi connectivity index (χ3v) is 6.90. The van der Waals surface area contributed by atoms with Crippen LogP contribution in [0.5, 0.6) is 0 Å². The standard InChI is InChI=1S/C22H33NO8/c1-12(2)21(27)10-17(24)30-14(5)22(28,13(3)4)20(26)29-11-15-6-8-23-9-7-16(18(15)23)31-19(21)25/h6,12-14,16,18,27-28H,7-11H2,1-5H3/t14-,16-,18+,21+,22+/m1/s1. The Kier molecular flexibility index (Phi) is 6.51. The number of carbonyl (C=O) groups is 3. The molecule has 0 bridgehead atoms. The first kappa shape index (κ1) is 23.7. The summed E-state index contributed by atoms with van der Waals surface area (Å²) in [4.78, 5) is 40.6. The molecule has 0 aliphatic carbocycles. The largest absolute Gasteiger partial charge is 0.459 e. The molecule has 2 N–H and O–H groups in total. The molecule has 2 fully saturated rings. The highest BCUT2D eigenvalue weighted by Gasteiger charge is 2.52. The molecule has 2 saturated heterocycles. The van der Waals surface area contributed by atoms with Gasteiger partial charge >= 0.3 is 17.9 Å². The Morgan fingerprint density at radius 2 is 1.74 bits per heavy atom. The van der Waals surface area contributed by atoms with Gasteiger partial charge in [0, 0.05) is 13.1 Å². The van der Waals surface area contributed by atoms with E-state index in [0.717, 1.165) is 5.57 Å². The minimum absolute atomic E-state index is 0.0712. The molecule has 3 rings (SSSR count). The number of hydrogen-bond donors (Lipinski definition) is 2. The van der Waals surface area contributed by atoms with Crippen LogP contribution in [-0.4, -0.2) is 82.2 Å². The molecule has 9 nitrogen and oxygen atoms in total. The molecule has 0 aromatic carbocycles. The molecule has 3 aliphatic rings. The molecule has 31 heavy (non-hydrogen) atoms. The maximum absolute atomic E-state index is 13.0. The van der Waals surface area contributed by atoms with E-state index in [1.165, 1.54) is 6.92 Å². The second-order valence-corrected chi connectivity index (χ2v) is 9.40. The maximum atomic E-state index is 13.0. The fraction of sp³-hybridized carbons (Fsp3) is 0.773. The lowest BCUT2D eigenvalue weighted by molar-refractivity contribution is -0.199. The van der Waals surface area contributed by atoms with Crippen LogP contribution in [0.1, 0.15) is 47.5 Å². The molecule has 3 aliphatic heterocycles. The molecule has 0 radical (unpaired) electrons. The smallest absolute Gasteiger partial charge is 0.342 e. The van der Waals surface area contributed by atoms with E-state index in [1.54, 1.807) is 27.7 Å². The minimum atomic E-state index is -2.09. The molecule has 0 amide bonds. The summed E-state index contributed by atoms with van der Waals surface area (Å²) >= 11 is 0. The van der Waals surface area contributed by atoms with Crippen LogP contribution in [0.2, 0.25) is 0 Å². The normalized spacial score (nSPS) is 37.8. The summed E-state index contributed by atoms with van der Waals surface area (Å²) in [5.41, 5.74) is -3.39. The molecule has 0 spiro atoms. The summed E-state index contributed by atoms with van der Waals surface area (Å²) in [6, 6.07) is -0.271. The molecular formula is C22H33NO8. The maximum Gasteiger partial charge on any atom is 0.342 e. The van der Waals surface area contributed by atoms with Crippen molar-refractivity contribution in [2.45, 2.75) is 76.9 Å². The van der Waals surface area contributed by atoms with Crippen LogP contribution in [0.15, 0.2) is 11.6 Å². The highest BCUT2D eigenvalue weighted by atomic mass is 16.6. The van der Waals surface area contributed by atoms with Crippen LogP contribution in [0.25, 0.3) is 0 Å². The molecular weight excluding hydrogens is 406 g/mol. The van der Waals surface area contributed by atoms with Crippen LogP contribution in [0.4, 0.5) is 0 Å². The lowest BCUT2D eigenvalue weighted by Gasteiger charge is -2.37. The summed E-state index contributed by atoms with van der Waals surface area (Å²) in [6.45, 7) is 9.12. The Morgan fingerprint density at radius 1 is 1.06 bits per heavy atom. The van der Waals surface area contributed by atoms with Gasteiger partial charge in [-0.1, -0.05) is 33.8 Å². The number of cyclic esters (lactones) is 2.